The first kappa shape index (κ1) is 30.9. The van der Waals surface area contributed by atoms with Crippen LogP contribution in [0.4, 0.5) is 20.4 Å². The molecular weight excluding hydrogens is 690 g/mol. The van der Waals surface area contributed by atoms with Crippen LogP contribution in [0.1, 0.15) is 12.5 Å². The van der Waals surface area contributed by atoms with E-state index in [-0.39, 0.29) is 34.0 Å². The monoisotopic (exact) mass is 711 g/mol. The predicted octanol–water partition coefficient (Wildman–Crippen LogP) is -0.759. The third kappa shape index (κ3) is 5.53. The molecule has 45 heavy (non-hydrogen) atoms. The molecule has 4 aromatic rings. The van der Waals surface area contributed by atoms with Crippen LogP contribution < -0.4 is 17.0 Å². The Morgan fingerprint density at radius 3 is 2.27 bits per heavy atom. The summed E-state index contributed by atoms with van der Waals surface area (Å²) in [7, 11) is 0. The quantitative estimate of drug-likeness (QED) is 0.160. The van der Waals surface area contributed by atoms with Gasteiger partial charge in [-0.25, -0.2) is 13.8 Å². The van der Waals surface area contributed by atoms with Gasteiger partial charge in [0.1, 0.15) is 24.4 Å². The summed E-state index contributed by atoms with van der Waals surface area (Å²) in [5.74, 6) is -0.298. The maximum Gasteiger partial charge on any atom is 0.325 e. The number of anilines is 2. The average Bonchev–Trinajstić information content (AvgIpc) is 3.72. The molecule has 2 bridgehead atoms. The summed E-state index contributed by atoms with van der Waals surface area (Å²) < 4.78 is 67.1. The molecule has 4 aromatic heterocycles. The Labute approximate surface area is 258 Å². The van der Waals surface area contributed by atoms with Crippen LogP contribution in [0.5, 0.6) is 0 Å². The molecule has 3 aliphatic heterocycles. The number of hydrogen-bond donors (Lipinski definition) is 5. The predicted molar refractivity (Wildman–Crippen MR) is 152 cm³/mol. The fraction of sp³-hybridized carbons (Fsp3) is 0.526. The van der Waals surface area contributed by atoms with Crippen molar-refractivity contribution in [3.63, 3.8) is 0 Å². The summed E-state index contributed by atoms with van der Waals surface area (Å²) in [4.78, 5) is 44.5. The molecule has 3 aliphatic rings. The minimum atomic E-state index is -4.38. The van der Waals surface area contributed by atoms with Crippen molar-refractivity contribution in [1.82, 2.24) is 44.9 Å². The van der Waals surface area contributed by atoms with E-state index in [9.17, 15) is 14.6 Å². The van der Waals surface area contributed by atoms with Gasteiger partial charge in [0.2, 0.25) is 5.95 Å². The van der Waals surface area contributed by atoms with E-state index < -0.39 is 81.4 Å². The highest BCUT2D eigenvalue weighted by atomic mass is 32.5. The first-order chi connectivity index (χ1) is 21.3. The summed E-state index contributed by atoms with van der Waals surface area (Å²) in [6, 6.07) is 1.48. The number of alkyl halides is 2. The molecule has 3 fully saturated rings. The Hall–Kier alpha value is -2.73. The Morgan fingerprint density at radius 2 is 1.53 bits per heavy atom. The van der Waals surface area contributed by atoms with E-state index >= 15 is 8.78 Å². The zero-order valence-corrected chi connectivity index (χ0v) is 25.6. The normalized spacial score (nSPS) is 37.7. The first-order valence-corrected chi connectivity index (χ1v) is 18.0. The van der Waals surface area contributed by atoms with Crippen molar-refractivity contribution >= 4 is 71.0 Å². The summed E-state index contributed by atoms with van der Waals surface area (Å²) >= 11 is 10.2. The van der Waals surface area contributed by atoms with E-state index in [2.05, 4.69) is 35.6 Å². The van der Waals surface area contributed by atoms with Gasteiger partial charge < -0.3 is 39.8 Å². The molecule has 2 unspecified atom stereocenters. The number of H-pyrrole nitrogens is 1. The molecule has 242 valence electrons. The van der Waals surface area contributed by atoms with E-state index in [0.29, 0.717) is 0 Å². The lowest BCUT2D eigenvalue weighted by molar-refractivity contribution is -0.0652. The van der Waals surface area contributed by atoms with Crippen LogP contribution in [0.3, 0.4) is 0 Å². The molecule has 7 rings (SSSR count). The van der Waals surface area contributed by atoms with Gasteiger partial charge in [-0.3, -0.25) is 18.8 Å². The molecular formula is C19H21F2N11O9P2S2. The zero-order chi connectivity index (χ0) is 31.8. The van der Waals surface area contributed by atoms with Gasteiger partial charge in [-0.05, 0) is 29.7 Å². The van der Waals surface area contributed by atoms with Crippen LogP contribution in [-0.4, -0.2) is 105 Å². The highest BCUT2D eigenvalue weighted by molar-refractivity contribution is 8.07. The second-order valence-corrected chi connectivity index (χ2v) is 15.5. The van der Waals surface area contributed by atoms with Crippen LogP contribution in [0.25, 0.3) is 22.3 Å². The van der Waals surface area contributed by atoms with Crippen molar-refractivity contribution in [2.24, 2.45) is 0 Å². The highest BCUT2D eigenvalue weighted by Crippen LogP contribution is 2.54. The number of hydrogen-bond acceptors (Lipinski definition) is 17. The van der Waals surface area contributed by atoms with E-state index in [0.717, 1.165) is 9.36 Å². The maximum absolute atomic E-state index is 16.0. The molecule has 0 saturated carbocycles. The van der Waals surface area contributed by atoms with E-state index in [1.807, 2.05) is 0 Å². The van der Waals surface area contributed by atoms with E-state index in [4.69, 9.17) is 62.6 Å². The topological polar surface area (TPSA) is 268 Å². The second kappa shape index (κ2) is 11.2. The molecule has 0 amide bonds. The third-order valence-corrected chi connectivity index (χ3v) is 10.2. The van der Waals surface area contributed by atoms with Crippen molar-refractivity contribution in [2.45, 2.75) is 49.2 Å². The number of aromatic nitrogens is 9. The smallest absolute Gasteiger partial charge is 0.325 e. The average molecular weight is 712 g/mol. The van der Waals surface area contributed by atoms with Crippen LogP contribution >= 0.6 is 13.4 Å². The Morgan fingerprint density at radius 1 is 0.911 bits per heavy atom. The van der Waals surface area contributed by atoms with Crippen molar-refractivity contribution < 1.29 is 46.1 Å². The first-order valence-electron chi connectivity index (χ1n) is 12.8. The summed E-state index contributed by atoms with van der Waals surface area (Å²) in [5, 5.41) is 15.4. The summed E-state index contributed by atoms with van der Waals surface area (Å²) in [6.07, 6.45) is -12.3. The lowest BCUT2D eigenvalue weighted by Crippen LogP contribution is -2.34. The molecule has 26 heteroatoms. The van der Waals surface area contributed by atoms with Gasteiger partial charge >= 0.3 is 13.4 Å². The van der Waals surface area contributed by atoms with Crippen molar-refractivity contribution in [2.75, 3.05) is 24.7 Å². The van der Waals surface area contributed by atoms with Crippen molar-refractivity contribution in [3.8, 4) is 0 Å². The van der Waals surface area contributed by atoms with Crippen LogP contribution in [0.2, 0.25) is 0 Å². The van der Waals surface area contributed by atoms with Crippen LogP contribution in [0, 0.1) is 0 Å². The van der Waals surface area contributed by atoms with Crippen molar-refractivity contribution in [1.29, 1.82) is 0 Å². The number of ether oxygens (including phenoxy) is 2. The number of nitrogens with two attached hydrogens (primary N) is 2. The molecule has 0 aromatic carbocycles. The fourth-order valence-corrected chi connectivity index (χ4v) is 7.90. The Bertz CT molecular complexity index is 1950. The van der Waals surface area contributed by atoms with E-state index in [1.54, 1.807) is 0 Å². The fourth-order valence-electron chi connectivity index (χ4n) is 5.06. The number of nitrogens with zero attached hydrogens (tertiary/aromatic N) is 8. The lowest BCUT2D eigenvalue weighted by Gasteiger charge is -2.27. The largest absolute Gasteiger partial charge is 0.397 e. The van der Waals surface area contributed by atoms with Gasteiger partial charge in [-0.2, -0.15) is 14.3 Å². The second-order valence-electron chi connectivity index (χ2n) is 9.95. The number of rotatable bonds is 2. The van der Waals surface area contributed by atoms with E-state index in [1.165, 1.54) is 12.3 Å². The lowest BCUT2D eigenvalue weighted by atomic mass is 10.1. The number of nitrogens with one attached hydrogen (secondary N) is 1. The number of aromatic amines is 1. The Kier molecular flexibility index (Phi) is 7.70. The number of halogens is 2. The number of pyridine rings is 1. The SMILES string of the molecule is Nc1nc2c(nnn2[C@@H]2O[C@@H]3COP(O)(=S)O[C@H]4[C@H](F)[C@H](n5nnc6c(N)ccnc65)O[C@@H]4COP(O)(=S)O[C@H]2[C@@H]3F)c(=O)[nH]1. The van der Waals surface area contributed by atoms with Crippen molar-refractivity contribution in [3.05, 3.63) is 22.6 Å². The standard InChI is InChI=1S/C19H21F2N11O9P2S2/c20-8-6-3-36-42(34,44)40-12-7(39-17(9(12)21)31-14-10(27-29-31)5(22)1-2-24-14)4-37-43(35,45)41-13(8)18(38-6)32-15-11(28-30-32)16(33)26-19(23)25-15/h1-2,6-9,12-13,17-18H,3-4H2,(H2,22,24)(H,34,44)(H,35,45)(H3,23,25,26,33)/t6-,7-,8-,9+,12-,13+,17-,18-,42?,43?/m1/s1. The summed E-state index contributed by atoms with van der Waals surface area (Å²) in [5.41, 5.74) is 10.8. The minimum absolute atomic E-state index is 0.0836. The van der Waals surface area contributed by atoms with Crippen LogP contribution in [0.15, 0.2) is 17.1 Å². The molecule has 3 saturated heterocycles. The van der Waals surface area contributed by atoms with Gasteiger partial charge in [-0.15, -0.1) is 10.2 Å². The maximum atomic E-state index is 16.0. The van der Waals surface area contributed by atoms with Gasteiger partial charge in [0, 0.05) is 6.20 Å². The summed E-state index contributed by atoms with van der Waals surface area (Å²) in [6.45, 7) is -10.2. The zero-order valence-electron chi connectivity index (χ0n) is 22.1. The molecule has 0 aliphatic carbocycles. The number of nitrogen functional groups attached to an aromatic ring is 2. The molecule has 20 nitrogen and oxygen atoms in total. The van der Waals surface area contributed by atoms with Gasteiger partial charge in [0.25, 0.3) is 5.56 Å². The minimum Gasteiger partial charge on any atom is -0.397 e. The highest BCUT2D eigenvalue weighted by Gasteiger charge is 2.54. The molecule has 0 radical (unpaired) electrons. The molecule has 7 heterocycles. The van der Waals surface area contributed by atoms with Gasteiger partial charge in [-0.1, -0.05) is 10.4 Å². The van der Waals surface area contributed by atoms with Gasteiger partial charge in [0.05, 0.1) is 18.9 Å². The molecule has 0 spiro atoms. The van der Waals surface area contributed by atoms with Gasteiger partial charge in [0.15, 0.2) is 47.1 Å². The molecule has 10 atom stereocenters. The molecule has 7 N–H and O–H groups in total. The Balaban J connectivity index is 1.21. The van der Waals surface area contributed by atoms with Crippen LogP contribution in [-0.2, 0) is 51.2 Å². The number of fused-ring (bicyclic) bond motifs is 5. The third-order valence-electron chi connectivity index (χ3n) is 7.07.